The van der Waals surface area contributed by atoms with Crippen molar-refractivity contribution in [3.63, 3.8) is 0 Å². The van der Waals surface area contributed by atoms with Crippen molar-refractivity contribution in [2.75, 3.05) is 20.3 Å². The van der Waals surface area contributed by atoms with Crippen LogP contribution in [0.15, 0.2) is 0 Å². The van der Waals surface area contributed by atoms with Crippen LogP contribution in [0.3, 0.4) is 0 Å². The first-order chi connectivity index (χ1) is 6.33. The lowest BCUT2D eigenvalue weighted by Crippen LogP contribution is -2.32. The zero-order valence-corrected chi connectivity index (χ0v) is 8.16. The molecule has 1 aliphatic rings. The van der Waals surface area contributed by atoms with Crippen molar-refractivity contribution in [1.29, 1.82) is 0 Å². The Morgan fingerprint density at radius 3 is 2.77 bits per heavy atom. The van der Waals surface area contributed by atoms with Gasteiger partial charge >= 0.3 is 0 Å². The summed E-state index contributed by atoms with van der Waals surface area (Å²) >= 11 is 0. The van der Waals surface area contributed by atoms with Crippen LogP contribution >= 0.6 is 0 Å². The summed E-state index contributed by atoms with van der Waals surface area (Å²) in [6.07, 6.45) is 4.64. The van der Waals surface area contributed by atoms with Crippen LogP contribution in [0.5, 0.6) is 0 Å². The van der Waals surface area contributed by atoms with Crippen LogP contribution in [0.25, 0.3) is 0 Å². The molecule has 1 atom stereocenters. The van der Waals surface area contributed by atoms with E-state index in [0.717, 1.165) is 12.8 Å². The Balaban J connectivity index is 1.93. The molecule has 0 aromatic rings. The zero-order valence-electron chi connectivity index (χ0n) is 8.16. The highest BCUT2D eigenvalue weighted by atomic mass is 16.7. The summed E-state index contributed by atoms with van der Waals surface area (Å²) < 4.78 is 4.78. The molecule has 13 heavy (non-hydrogen) atoms. The Morgan fingerprint density at radius 2 is 2.15 bits per heavy atom. The van der Waals surface area contributed by atoms with Crippen molar-refractivity contribution >= 4 is 0 Å². The molecule has 0 heterocycles. The summed E-state index contributed by atoms with van der Waals surface area (Å²) in [5, 5.41) is 9.26. The van der Waals surface area contributed by atoms with E-state index in [1.54, 1.807) is 7.11 Å². The number of rotatable bonds is 6. The first-order valence-electron chi connectivity index (χ1n) is 4.88. The van der Waals surface area contributed by atoms with Gasteiger partial charge in [0.05, 0.1) is 18.8 Å². The summed E-state index contributed by atoms with van der Waals surface area (Å²) in [7, 11) is 1.57. The molecule has 0 amide bonds. The molecule has 0 spiro atoms. The number of hydrogen-bond donors (Lipinski definition) is 2. The van der Waals surface area contributed by atoms with Crippen molar-refractivity contribution in [3.8, 4) is 0 Å². The smallest absolute Gasteiger partial charge is 0.0920 e. The minimum Gasteiger partial charge on any atom is -0.389 e. The van der Waals surface area contributed by atoms with Gasteiger partial charge < -0.3 is 9.84 Å². The van der Waals surface area contributed by atoms with E-state index in [9.17, 15) is 5.11 Å². The number of ether oxygens (including phenoxy) is 1. The van der Waals surface area contributed by atoms with Gasteiger partial charge in [0.2, 0.25) is 0 Å². The Bertz CT molecular complexity index is 126. The van der Waals surface area contributed by atoms with Gasteiger partial charge in [-0.2, -0.15) is 5.48 Å². The van der Waals surface area contributed by atoms with Crippen LogP contribution in [-0.2, 0) is 9.57 Å². The van der Waals surface area contributed by atoms with E-state index < -0.39 is 6.10 Å². The molecule has 1 saturated carbocycles. The van der Waals surface area contributed by atoms with E-state index in [0.29, 0.717) is 19.3 Å². The van der Waals surface area contributed by atoms with E-state index in [4.69, 9.17) is 9.57 Å². The topological polar surface area (TPSA) is 50.7 Å². The van der Waals surface area contributed by atoms with Gasteiger partial charge in [0.25, 0.3) is 0 Å². The molecule has 4 nitrogen and oxygen atoms in total. The lowest BCUT2D eigenvalue weighted by Gasteiger charge is -2.14. The summed E-state index contributed by atoms with van der Waals surface area (Å²) in [6.45, 7) is 0.783. The second-order valence-corrected chi connectivity index (χ2v) is 3.48. The fraction of sp³-hybridized carbons (Fsp3) is 1.00. The second kappa shape index (κ2) is 6.32. The fourth-order valence-electron chi connectivity index (χ4n) is 1.52. The number of hydroxylamine groups is 1. The largest absolute Gasteiger partial charge is 0.389 e. The molecule has 78 valence electrons. The highest BCUT2D eigenvalue weighted by molar-refractivity contribution is 4.66. The summed E-state index contributed by atoms with van der Waals surface area (Å²) in [5.74, 6) is 0. The summed E-state index contributed by atoms with van der Waals surface area (Å²) in [5.41, 5.74) is 2.78. The number of nitrogens with one attached hydrogen (secondary N) is 1. The van der Waals surface area contributed by atoms with Crippen molar-refractivity contribution in [3.05, 3.63) is 0 Å². The predicted octanol–water partition coefficient (Wildman–Crippen LogP) is 0.457. The molecule has 0 bridgehead atoms. The van der Waals surface area contributed by atoms with Gasteiger partial charge in [-0.25, -0.2) is 0 Å². The Labute approximate surface area is 79.2 Å². The molecular weight excluding hydrogens is 170 g/mol. The van der Waals surface area contributed by atoms with E-state index in [1.165, 1.54) is 12.8 Å². The quantitative estimate of drug-likeness (QED) is 0.596. The molecule has 0 radical (unpaired) electrons. The lowest BCUT2D eigenvalue weighted by atomic mass is 10.3. The van der Waals surface area contributed by atoms with Crippen molar-refractivity contribution < 1.29 is 14.7 Å². The maximum Gasteiger partial charge on any atom is 0.0920 e. The standard InChI is InChI=1S/C9H19NO3/c1-12-7-8(11)6-10-13-9-4-2-3-5-9/h8-11H,2-7H2,1H3. The van der Waals surface area contributed by atoms with Gasteiger partial charge in [-0.1, -0.05) is 12.8 Å². The summed E-state index contributed by atoms with van der Waals surface area (Å²) in [4.78, 5) is 5.35. The molecule has 0 aromatic heterocycles. The molecule has 2 N–H and O–H groups in total. The molecule has 0 saturated heterocycles. The number of aliphatic hydroxyl groups is 1. The predicted molar refractivity (Wildman–Crippen MR) is 49.2 cm³/mol. The highest BCUT2D eigenvalue weighted by Crippen LogP contribution is 2.19. The molecule has 1 unspecified atom stereocenters. The van der Waals surface area contributed by atoms with Gasteiger partial charge in [0.1, 0.15) is 0 Å². The maximum absolute atomic E-state index is 9.26. The zero-order chi connectivity index (χ0) is 9.52. The minimum atomic E-state index is -0.480. The van der Waals surface area contributed by atoms with E-state index in [2.05, 4.69) is 5.48 Å². The van der Waals surface area contributed by atoms with Crippen LogP contribution < -0.4 is 5.48 Å². The number of hydrogen-bond acceptors (Lipinski definition) is 4. The van der Waals surface area contributed by atoms with Gasteiger partial charge in [-0.3, -0.25) is 4.84 Å². The first kappa shape index (κ1) is 10.9. The molecule has 1 rings (SSSR count). The van der Waals surface area contributed by atoms with Crippen molar-refractivity contribution in [2.45, 2.75) is 37.9 Å². The number of aliphatic hydroxyl groups excluding tert-OH is 1. The molecule has 1 aliphatic carbocycles. The van der Waals surface area contributed by atoms with Crippen LogP contribution in [0, 0.1) is 0 Å². The van der Waals surface area contributed by atoms with Crippen LogP contribution in [-0.4, -0.2) is 37.6 Å². The fourth-order valence-corrected chi connectivity index (χ4v) is 1.52. The van der Waals surface area contributed by atoms with Crippen LogP contribution in [0.1, 0.15) is 25.7 Å². The minimum absolute atomic E-state index is 0.342. The summed E-state index contributed by atoms with van der Waals surface area (Å²) in [6, 6.07) is 0. The third-order valence-electron chi connectivity index (χ3n) is 2.23. The van der Waals surface area contributed by atoms with E-state index in [1.807, 2.05) is 0 Å². The molecule has 4 heteroatoms. The van der Waals surface area contributed by atoms with Crippen LogP contribution in [0.2, 0.25) is 0 Å². The van der Waals surface area contributed by atoms with Crippen molar-refractivity contribution in [1.82, 2.24) is 5.48 Å². The number of methoxy groups -OCH3 is 1. The van der Waals surface area contributed by atoms with Crippen LogP contribution in [0.4, 0.5) is 0 Å². The van der Waals surface area contributed by atoms with E-state index >= 15 is 0 Å². The third-order valence-corrected chi connectivity index (χ3v) is 2.23. The van der Waals surface area contributed by atoms with E-state index in [-0.39, 0.29) is 0 Å². The second-order valence-electron chi connectivity index (χ2n) is 3.48. The first-order valence-corrected chi connectivity index (χ1v) is 4.88. The molecular formula is C9H19NO3. The Kier molecular flexibility index (Phi) is 5.31. The van der Waals surface area contributed by atoms with Gasteiger partial charge in [0, 0.05) is 13.7 Å². The molecule has 1 fully saturated rings. The highest BCUT2D eigenvalue weighted by Gasteiger charge is 2.15. The van der Waals surface area contributed by atoms with Gasteiger partial charge in [0.15, 0.2) is 0 Å². The molecule has 0 aliphatic heterocycles. The SMILES string of the molecule is COCC(O)CNOC1CCCC1. The average molecular weight is 189 g/mol. The Hall–Kier alpha value is -0.160. The average Bonchev–Trinajstić information content (AvgIpc) is 2.57. The van der Waals surface area contributed by atoms with Crippen molar-refractivity contribution in [2.24, 2.45) is 0 Å². The monoisotopic (exact) mass is 189 g/mol. The van der Waals surface area contributed by atoms with Gasteiger partial charge in [-0.15, -0.1) is 0 Å². The third kappa shape index (κ3) is 4.57. The normalized spacial score (nSPS) is 20.8. The van der Waals surface area contributed by atoms with Gasteiger partial charge in [-0.05, 0) is 12.8 Å². The molecule has 0 aromatic carbocycles. The Morgan fingerprint density at radius 1 is 1.46 bits per heavy atom. The lowest BCUT2D eigenvalue weighted by molar-refractivity contribution is -0.0461. The maximum atomic E-state index is 9.26.